The standard InChI is InChI=1S/C8H14O2S/c1-11-8(9)6-7-2-4-10-5-3-7/h7H,2-6H2,1H3. The van der Waals surface area contributed by atoms with Crippen LogP contribution in [0.1, 0.15) is 19.3 Å². The summed E-state index contributed by atoms with van der Waals surface area (Å²) in [7, 11) is 0. The maximum absolute atomic E-state index is 11.0. The van der Waals surface area contributed by atoms with Gasteiger partial charge in [0.05, 0.1) is 0 Å². The zero-order valence-corrected chi connectivity index (χ0v) is 7.65. The Balaban J connectivity index is 2.19. The number of carbonyl (C=O) groups is 1. The van der Waals surface area contributed by atoms with Gasteiger partial charge in [0, 0.05) is 19.6 Å². The van der Waals surface area contributed by atoms with Gasteiger partial charge in [-0.2, -0.15) is 0 Å². The predicted octanol–water partition coefficient (Wildman–Crippen LogP) is 1.69. The summed E-state index contributed by atoms with van der Waals surface area (Å²) in [6.45, 7) is 1.68. The molecule has 0 aromatic heterocycles. The van der Waals surface area contributed by atoms with Crippen LogP contribution in [0.15, 0.2) is 0 Å². The summed E-state index contributed by atoms with van der Waals surface area (Å²) < 4.78 is 5.20. The average Bonchev–Trinajstić information content (AvgIpc) is 2.06. The van der Waals surface area contributed by atoms with Crippen molar-refractivity contribution in [2.24, 2.45) is 5.92 Å². The van der Waals surface area contributed by atoms with Gasteiger partial charge in [0.2, 0.25) is 0 Å². The molecule has 2 nitrogen and oxygen atoms in total. The van der Waals surface area contributed by atoms with Crippen molar-refractivity contribution in [2.45, 2.75) is 19.3 Å². The molecule has 0 unspecified atom stereocenters. The highest BCUT2D eigenvalue weighted by Gasteiger charge is 2.16. The maximum atomic E-state index is 11.0. The molecule has 0 amide bonds. The van der Waals surface area contributed by atoms with Crippen LogP contribution >= 0.6 is 11.8 Å². The van der Waals surface area contributed by atoms with E-state index < -0.39 is 0 Å². The van der Waals surface area contributed by atoms with E-state index >= 15 is 0 Å². The van der Waals surface area contributed by atoms with Crippen molar-refractivity contribution in [1.29, 1.82) is 0 Å². The van der Waals surface area contributed by atoms with Crippen LogP contribution in [0.5, 0.6) is 0 Å². The summed E-state index contributed by atoms with van der Waals surface area (Å²) in [6, 6.07) is 0. The highest BCUT2D eigenvalue weighted by molar-refractivity contribution is 8.13. The summed E-state index contributed by atoms with van der Waals surface area (Å²) in [5, 5.41) is 0.317. The van der Waals surface area contributed by atoms with E-state index in [2.05, 4.69) is 0 Å². The molecular formula is C8H14O2S. The van der Waals surface area contributed by atoms with Crippen molar-refractivity contribution in [2.75, 3.05) is 19.5 Å². The molecule has 1 rings (SSSR count). The topological polar surface area (TPSA) is 26.3 Å². The first-order valence-electron chi connectivity index (χ1n) is 3.97. The van der Waals surface area contributed by atoms with E-state index in [9.17, 15) is 4.79 Å². The summed E-state index contributed by atoms with van der Waals surface area (Å²) >= 11 is 1.34. The molecule has 1 fully saturated rings. The molecule has 0 atom stereocenters. The van der Waals surface area contributed by atoms with Gasteiger partial charge >= 0.3 is 0 Å². The average molecular weight is 174 g/mol. The lowest BCUT2D eigenvalue weighted by atomic mass is 9.97. The van der Waals surface area contributed by atoms with Gasteiger partial charge in [0.1, 0.15) is 0 Å². The van der Waals surface area contributed by atoms with Gasteiger partial charge in [-0.1, -0.05) is 11.8 Å². The van der Waals surface area contributed by atoms with Crippen LogP contribution in [0.2, 0.25) is 0 Å². The third-order valence-corrected chi connectivity index (χ3v) is 2.65. The Bertz CT molecular complexity index is 130. The number of hydrogen-bond acceptors (Lipinski definition) is 3. The molecular weight excluding hydrogens is 160 g/mol. The quantitative estimate of drug-likeness (QED) is 0.637. The lowest BCUT2D eigenvalue weighted by molar-refractivity contribution is -0.112. The van der Waals surface area contributed by atoms with Crippen molar-refractivity contribution >= 4 is 16.9 Å². The summed E-state index contributed by atoms with van der Waals surface area (Å²) in [5.41, 5.74) is 0. The van der Waals surface area contributed by atoms with Crippen molar-refractivity contribution < 1.29 is 9.53 Å². The zero-order chi connectivity index (χ0) is 8.10. The minimum absolute atomic E-state index is 0.317. The Hall–Kier alpha value is -0.0200. The number of thioether (sulfide) groups is 1. The highest BCUT2D eigenvalue weighted by atomic mass is 32.2. The molecule has 11 heavy (non-hydrogen) atoms. The zero-order valence-electron chi connectivity index (χ0n) is 6.84. The van der Waals surface area contributed by atoms with E-state index in [4.69, 9.17) is 4.74 Å². The predicted molar refractivity (Wildman–Crippen MR) is 46.7 cm³/mol. The van der Waals surface area contributed by atoms with Crippen molar-refractivity contribution in [3.05, 3.63) is 0 Å². The second kappa shape index (κ2) is 4.78. The van der Waals surface area contributed by atoms with Crippen LogP contribution in [-0.4, -0.2) is 24.6 Å². The third kappa shape index (κ3) is 3.25. The first-order valence-corrected chi connectivity index (χ1v) is 5.20. The molecule has 0 aliphatic carbocycles. The van der Waals surface area contributed by atoms with Crippen LogP contribution in [0.25, 0.3) is 0 Å². The van der Waals surface area contributed by atoms with Crippen molar-refractivity contribution in [1.82, 2.24) is 0 Å². The third-order valence-electron chi connectivity index (χ3n) is 2.02. The normalized spacial score (nSPS) is 20.1. The molecule has 0 radical (unpaired) electrons. The van der Waals surface area contributed by atoms with E-state index in [0.717, 1.165) is 32.5 Å². The highest BCUT2D eigenvalue weighted by Crippen LogP contribution is 2.20. The molecule has 1 aliphatic rings. The Morgan fingerprint density at radius 3 is 2.73 bits per heavy atom. The number of carbonyl (C=O) groups excluding carboxylic acids is 1. The maximum Gasteiger partial charge on any atom is 0.188 e. The van der Waals surface area contributed by atoms with Gasteiger partial charge in [-0.05, 0) is 25.0 Å². The molecule has 3 heteroatoms. The summed E-state index contributed by atoms with van der Waals surface area (Å²) in [4.78, 5) is 11.0. The number of rotatable bonds is 2. The molecule has 0 N–H and O–H groups in total. The minimum Gasteiger partial charge on any atom is -0.381 e. The van der Waals surface area contributed by atoms with Gasteiger partial charge in [0.25, 0.3) is 0 Å². The molecule has 0 bridgehead atoms. The van der Waals surface area contributed by atoms with Crippen molar-refractivity contribution in [3.8, 4) is 0 Å². The molecule has 1 saturated heterocycles. The Morgan fingerprint density at radius 1 is 1.55 bits per heavy atom. The minimum atomic E-state index is 0.317. The molecule has 1 heterocycles. The molecule has 0 aromatic rings. The molecule has 64 valence electrons. The molecule has 0 spiro atoms. The Morgan fingerprint density at radius 2 is 2.18 bits per heavy atom. The lowest BCUT2D eigenvalue weighted by Crippen LogP contribution is -2.17. The second-order valence-electron chi connectivity index (χ2n) is 2.84. The Kier molecular flexibility index (Phi) is 3.94. The first kappa shape index (κ1) is 9.07. The van der Waals surface area contributed by atoms with Crippen LogP contribution in [-0.2, 0) is 9.53 Å². The second-order valence-corrected chi connectivity index (χ2v) is 3.70. The monoisotopic (exact) mass is 174 g/mol. The SMILES string of the molecule is CSC(=O)CC1CCOCC1. The molecule has 0 saturated carbocycles. The van der Waals surface area contributed by atoms with E-state index in [1.54, 1.807) is 0 Å². The van der Waals surface area contributed by atoms with Gasteiger partial charge in [-0.25, -0.2) is 0 Å². The molecule has 1 aliphatic heterocycles. The Labute approximate surface area is 71.7 Å². The van der Waals surface area contributed by atoms with Crippen LogP contribution in [0, 0.1) is 5.92 Å². The smallest absolute Gasteiger partial charge is 0.188 e. The van der Waals surface area contributed by atoms with Gasteiger partial charge in [0.15, 0.2) is 5.12 Å². The van der Waals surface area contributed by atoms with Crippen LogP contribution < -0.4 is 0 Å². The summed E-state index contributed by atoms with van der Waals surface area (Å²) in [6.07, 6.45) is 4.71. The fourth-order valence-corrected chi connectivity index (χ4v) is 1.67. The summed E-state index contributed by atoms with van der Waals surface area (Å²) in [5.74, 6) is 0.587. The van der Waals surface area contributed by atoms with E-state index in [-0.39, 0.29) is 0 Å². The molecule has 0 aromatic carbocycles. The van der Waals surface area contributed by atoms with E-state index in [1.165, 1.54) is 11.8 Å². The largest absolute Gasteiger partial charge is 0.381 e. The van der Waals surface area contributed by atoms with E-state index in [1.807, 2.05) is 6.26 Å². The number of hydrogen-bond donors (Lipinski definition) is 0. The van der Waals surface area contributed by atoms with E-state index in [0.29, 0.717) is 11.0 Å². The fourth-order valence-electron chi connectivity index (χ4n) is 1.27. The van der Waals surface area contributed by atoms with Crippen LogP contribution in [0.4, 0.5) is 0 Å². The van der Waals surface area contributed by atoms with Gasteiger partial charge in [-0.3, -0.25) is 4.79 Å². The fraction of sp³-hybridized carbons (Fsp3) is 0.875. The van der Waals surface area contributed by atoms with Gasteiger partial charge < -0.3 is 4.74 Å². The van der Waals surface area contributed by atoms with Gasteiger partial charge in [-0.15, -0.1) is 0 Å². The number of ether oxygens (including phenoxy) is 1. The van der Waals surface area contributed by atoms with Crippen molar-refractivity contribution in [3.63, 3.8) is 0 Å². The van der Waals surface area contributed by atoms with Crippen LogP contribution in [0.3, 0.4) is 0 Å². The lowest BCUT2D eigenvalue weighted by Gasteiger charge is -2.20. The first-order chi connectivity index (χ1) is 5.33.